The maximum Gasteiger partial charge on any atom is 0.223 e. The van der Waals surface area contributed by atoms with Crippen molar-refractivity contribution in [3.8, 4) is 0 Å². The third-order valence-corrected chi connectivity index (χ3v) is 4.67. The minimum Gasteiger partial charge on any atom is -0.386 e. The van der Waals surface area contributed by atoms with Crippen LogP contribution in [0.25, 0.3) is 0 Å². The molecule has 2 rings (SSSR count). The van der Waals surface area contributed by atoms with Gasteiger partial charge >= 0.3 is 0 Å². The summed E-state index contributed by atoms with van der Waals surface area (Å²) < 4.78 is 0. The van der Waals surface area contributed by atoms with Crippen molar-refractivity contribution in [3.05, 3.63) is 0 Å². The molecule has 0 aliphatic carbocycles. The van der Waals surface area contributed by atoms with Gasteiger partial charge in [-0.2, -0.15) is 0 Å². The van der Waals surface area contributed by atoms with Gasteiger partial charge in [0, 0.05) is 6.42 Å². The Labute approximate surface area is 116 Å². The predicted molar refractivity (Wildman–Crippen MR) is 75.8 cm³/mol. The Kier molecular flexibility index (Phi) is 4.85. The molecule has 2 fully saturated rings. The zero-order chi connectivity index (χ0) is 13.9. The molecule has 0 bridgehead atoms. The highest BCUT2D eigenvalue weighted by Crippen LogP contribution is 2.29. The van der Waals surface area contributed by atoms with Crippen molar-refractivity contribution in [2.75, 3.05) is 26.2 Å². The van der Waals surface area contributed by atoms with Crippen molar-refractivity contribution in [1.82, 2.24) is 10.2 Å². The first-order valence-electron chi connectivity index (χ1n) is 7.75. The fourth-order valence-electron chi connectivity index (χ4n) is 3.40. The van der Waals surface area contributed by atoms with E-state index >= 15 is 0 Å². The zero-order valence-electron chi connectivity index (χ0n) is 12.3. The van der Waals surface area contributed by atoms with Crippen LogP contribution in [0.1, 0.15) is 46.0 Å². The van der Waals surface area contributed by atoms with Crippen molar-refractivity contribution >= 4 is 5.91 Å². The molecule has 2 unspecified atom stereocenters. The maximum absolute atomic E-state index is 12.2. The average Bonchev–Trinajstić information content (AvgIpc) is 2.37. The number of aliphatic hydroxyl groups is 1. The van der Waals surface area contributed by atoms with Gasteiger partial charge in [0.15, 0.2) is 0 Å². The average molecular weight is 268 g/mol. The van der Waals surface area contributed by atoms with Crippen molar-refractivity contribution in [2.24, 2.45) is 11.8 Å². The fourth-order valence-corrected chi connectivity index (χ4v) is 3.40. The highest BCUT2D eigenvalue weighted by atomic mass is 16.3. The summed E-state index contributed by atoms with van der Waals surface area (Å²) in [5, 5.41) is 13.5. The van der Waals surface area contributed by atoms with Gasteiger partial charge < -0.3 is 15.3 Å². The number of hydrogen-bond acceptors (Lipinski definition) is 3. The largest absolute Gasteiger partial charge is 0.386 e. The fraction of sp³-hybridized carbons (Fsp3) is 0.933. The molecular formula is C15H28N2O2. The monoisotopic (exact) mass is 268 g/mol. The molecule has 0 radical (unpaired) electrons. The number of likely N-dealkylation sites (tertiary alicyclic amines) is 1. The van der Waals surface area contributed by atoms with Gasteiger partial charge in [-0.05, 0) is 44.2 Å². The summed E-state index contributed by atoms with van der Waals surface area (Å²) in [7, 11) is 0. The summed E-state index contributed by atoms with van der Waals surface area (Å²) >= 11 is 0. The number of rotatable bonds is 5. The minimum absolute atomic E-state index is 0.221. The molecule has 2 aliphatic heterocycles. The van der Waals surface area contributed by atoms with Gasteiger partial charge in [0.2, 0.25) is 5.91 Å². The number of carbonyl (C=O) groups is 1. The van der Waals surface area contributed by atoms with E-state index in [4.69, 9.17) is 0 Å². The molecule has 4 heteroatoms. The van der Waals surface area contributed by atoms with E-state index in [1.807, 2.05) is 4.90 Å². The minimum atomic E-state index is -0.597. The first kappa shape index (κ1) is 14.8. The lowest BCUT2D eigenvalue weighted by Crippen LogP contribution is -2.63. The SMILES string of the molecule is CCCC1(O)CN(C(=O)CC(C)C2CCCNC2)C1. The topological polar surface area (TPSA) is 52.6 Å². The third-order valence-electron chi connectivity index (χ3n) is 4.67. The summed E-state index contributed by atoms with van der Waals surface area (Å²) in [6.07, 6.45) is 4.88. The van der Waals surface area contributed by atoms with E-state index in [0.717, 1.165) is 25.9 Å². The Bertz CT molecular complexity index is 307. The second-order valence-electron chi connectivity index (χ2n) is 6.51. The van der Waals surface area contributed by atoms with E-state index in [0.29, 0.717) is 31.3 Å². The van der Waals surface area contributed by atoms with E-state index in [-0.39, 0.29) is 5.91 Å². The molecule has 2 aliphatic rings. The molecule has 110 valence electrons. The van der Waals surface area contributed by atoms with Crippen LogP contribution in [0.5, 0.6) is 0 Å². The van der Waals surface area contributed by atoms with Crippen LogP contribution in [0.15, 0.2) is 0 Å². The first-order valence-corrected chi connectivity index (χ1v) is 7.75. The molecule has 1 amide bonds. The number of hydrogen-bond donors (Lipinski definition) is 2. The summed E-state index contributed by atoms with van der Waals surface area (Å²) in [5.74, 6) is 1.30. The van der Waals surface area contributed by atoms with Crippen LogP contribution in [0.4, 0.5) is 0 Å². The number of nitrogens with one attached hydrogen (secondary N) is 1. The number of carbonyl (C=O) groups excluding carboxylic acids is 1. The van der Waals surface area contributed by atoms with Crippen LogP contribution in [0.3, 0.4) is 0 Å². The normalized spacial score (nSPS) is 27.7. The lowest BCUT2D eigenvalue weighted by Gasteiger charge is -2.47. The summed E-state index contributed by atoms with van der Waals surface area (Å²) in [5.41, 5.74) is -0.597. The van der Waals surface area contributed by atoms with Crippen LogP contribution in [-0.4, -0.2) is 47.7 Å². The molecule has 19 heavy (non-hydrogen) atoms. The van der Waals surface area contributed by atoms with E-state index in [9.17, 15) is 9.90 Å². The molecule has 4 nitrogen and oxygen atoms in total. The van der Waals surface area contributed by atoms with Crippen LogP contribution in [0, 0.1) is 11.8 Å². The number of β-amino-alcohol motifs (C(OH)–C–C–N with tert-alkyl or cyclic N) is 1. The second kappa shape index (κ2) is 6.23. The Morgan fingerprint density at radius 3 is 2.84 bits per heavy atom. The van der Waals surface area contributed by atoms with Gasteiger partial charge in [-0.25, -0.2) is 0 Å². The number of piperidine rings is 1. The molecule has 0 aromatic rings. The summed E-state index contributed by atoms with van der Waals surface area (Å²) in [6.45, 7) is 7.50. The molecule has 0 saturated carbocycles. The number of nitrogens with zero attached hydrogens (tertiary/aromatic N) is 1. The molecule has 0 aromatic heterocycles. The van der Waals surface area contributed by atoms with Gasteiger partial charge in [0.05, 0.1) is 18.7 Å². The lowest BCUT2D eigenvalue weighted by molar-refractivity contribution is -0.157. The molecule has 2 N–H and O–H groups in total. The van der Waals surface area contributed by atoms with Crippen LogP contribution in [0.2, 0.25) is 0 Å². The van der Waals surface area contributed by atoms with Gasteiger partial charge in [0.1, 0.15) is 0 Å². The van der Waals surface area contributed by atoms with Crippen LogP contribution in [-0.2, 0) is 4.79 Å². The smallest absolute Gasteiger partial charge is 0.223 e. The molecule has 0 aromatic carbocycles. The Morgan fingerprint density at radius 1 is 1.53 bits per heavy atom. The molecule has 2 atom stereocenters. The first-order chi connectivity index (χ1) is 9.04. The Hall–Kier alpha value is -0.610. The standard InChI is InChI=1S/C15H28N2O2/c1-3-6-15(19)10-17(11-15)14(18)8-12(2)13-5-4-7-16-9-13/h12-13,16,19H,3-11H2,1-2H3. The van der Waals surface area contributed by atoms with Crippen molar-refractivity contribution in [3.63, 3.8) is 0 Å². The van der Waals surface area contributed by atoms with Gasteiger partial charge in [-0.15, -0.1) is 0 Å². The van der Waals surface area contributed by atoms with Crippen molar-refractivity contribution < 1.29 is 9.90 Å². The van der Waals surface area contributed by atoms with Crippen LogP contribution >= 0.6 is 0 Å². The third kappa shape index (κ3) is 3.69. The highest BCUT2D eigenvalue weighted by molar-refractivity contribution is 5.77. The number of amides is 1. The van der Waals surface area contributed by atoms with Gasteiger partial charge in [-0.3, -0.25) is 4.79 Å². The molecule has 2 heterocycles. The van der Waals surface area contributed by atoms with Crippen molar-refractivity contribution in [1.29, 1.82) is 0 Å². The van der Waals surface area contributed by atoms with E-state index in [1.165, 1.54) is 12.8 Å². The summed E-state index contributed by atoms with van der Waals surface area (Å²) in [6, 6.07) is 0. The maximum atomic E-state index is 12.2. The van der Waals surface area contributed by atoms with Crippen LogP contribution < -0.4 is 5.32 Å². The van der Waals surface area contributed by atoms with E-state index in [2.05, 4.69) is 19.2 Å². The Morgan fingerprint density at radius 2 is 2.26 bits per heavy atom. The zero-order valence-corrected chi connectivity index (χ0v) is 12.3. The Balaban J connectivity index is 1.73. The van der Waals surface area contributed by atoms with Crippen molar-refractivity contribution in [2.45, 2.75) is 51.6 Å². The molecule has 0 spiro atoms. The quantitative estimate of drug-likeness (QED) is 0.792. The summed E-state index contributed by atoms with van der Waals surface area (Å²) in [4.78, 5) is 14.0. The van der Waals surface area contributed by atoms with Gasteiger partial charge in [-0.1, -0.05) is 20.3 Å². The molecular weight excluding hydrogens is 240 g/mol. The van der Waals surface area contributed by atoms with E-state index < -0.39 is 5.60 Å². The molecule has 2 saturated heterocycles. The van der Waals surface area contributed by atoms with Gasteiger partial charge in [0.25, 0.3) is 0 Å². The predicted octanol–water partition coefficient (Wildman–Crippen LogP) is 1.39. The lowest BCUT2D eigenvalue weighted by atomic mass is 9.83. The van der Waals surface area contributed by atoms with E-state index in [1.54, 1.807) is 0 Å². The highest BCUT2D eigenvalue weighted by Gasteiger charge is 2.42. The second-order valence-corrected chi connectivity index (χ2v) is 6.51.